The smallest absolute Gasteiger partial charge is 0.141 e. The second-order valence-electron chi connectivity index (χ2n) is 3.83. The maximum absolute atomic E-state index is 9.89. The van der Waals surface area contributed by atoms with Crippen LogP contribution in [0.3, 0.4) is 0 Å². The molecule has 0 saturated heterocycles. The molecule has 1 aromatic rings. The molecule has 0 unspecified atom stereocenters. The third-order valence-corrected chi connectivity index (χ3v) is 2.62. The van der Waals surface area contributed by atoms with Gasteiger partial charge in [0.25, 0.3) is 0 Å². The monoisotopic (exact) mass is 225 g/mol. The van der Waals surface area contributed by atoms with Gasteiger partial charge in [-0.05, 0) is 26.3 Å². The number of pyridine rings is 1. The minimum absolute atomic E-state index is 0.0797. The van der Waals surface area contributed by atoms with Gasteiger partial charge >= 0.3 is 0 Å². The number of rotatable bonds is 5. The molecule has 90 valence electrons. The number of aliphatic hydroxyl groups excluding tert-OH is 1. The summed E-state index contributed by atoms with van der Waals surface area (Å²) in [5, 5.41) is 19.1. The van der Waals surface area contributed by atoms with Crippen LogP contribution in [0.2, 0.25) is 0 Å². The van der Waals surface area contributed by atoms with E-state index in [-0.39, 0.29) is 18.4 Å². The highest BCUT2D eigenvalue weighted by atomic mass is 16.3. The van der Waals surface area contributed by atoms with Crippen LogP contribution in [0.15, 0.2) is 6.20 Å². The quantitative estimate of drug-likeness (QED) is 0.578. The van der Waals surface area contributed by atoms with Crippen molar-refractivity contribution in [2.24, 2.45) is 11.5 Å². The summed E-state index contributed by atoms with van der Waals surface area (Å²) in [6.07, 6.45) is 3.01. The van der Waals surface area contributed by atoms with Crippen molar-refractivity contribution in [2.75, 3.05) is 6.54 Å². The molecule has 6 N–H and O–H groups in total. The molecule has 1 aromatic heterocycles. The number of aliphatic hydroxyl groups is 1. The van der Waals surface area contributed by atoms with Gasteiger partial charge in [0.2, 0.25) is 0 Å². The van der Waals surface area contributed by atoms with Crippen molar-refractivity contribution >= 4 is 0 Å². The Bertz CT molecular complexity index is 355. The molecular formula is C11H19N3O2. The van der Waals surface area contributed by atoms with Gasteiger partial charge in [-0.3, -0.25) is 4.98 Å². The molecule has 5 nitrogen and oxygen atoms in total. The minimum atomic E-state index is -0.313. The van der Waals surface area contributed by atoms with Gasteiger partial charge in [-0.25, -0.2) is 0 Å². The standard InChI is InChI=1S/C11H19N3O2/c1-7-11(16)10(8(6-15)5-14-7)9(13)3-2-4-12/h5,9,15-16H,2-4,6,12-13H2,1H3/t9-/m1/s1. The van der Waals surface area contributed by atoms with Crippen LogP contribution in [0.4, 0.5) is 0 Å². The Morgan fingerprint density at radius 1 is 1.50 bits per heavy atom. The summed E-state index contributed by atoms with van der Waals surface area (Å²) in [6.45, 7) is 2.09. The molecule has 16 heavy (non-hydrogen) atoms. The van der Waals surface area contributed by atoms with Gasteiger partial charge in [0.15, 0.2) is 0 Å². The zero-order chi connectivity index (χ0) is 12.1. The van der Waals surface area contributed by atoms with Crippen LogP contribution in [0.1, 0.15) is 35.7 Å². The van der Waals surface area contributed by atoms with Crippen molar-refractivity contribution in [3.8, 4) is 5.75 Å². The Kier molecular flexibility index (Phi) is 4.67. The van der Waals surface area contributed by atoms with E-state index in [4.69, 9.17) is 11.5 Å². The second kappa shape index (κ2) is 5.79. The maximum Gasteiger partial charge on any atom is 0.141 e. The van der Waals surface area contributed by atoms with Gasteiger partial charge in [-0.1, -0.05) is 0 Å². The highest BCUT2D eigenvalue weighted by Gasteiger charge is 2.17. The fraction of sp³-hybridized carbons (Fsp3) is 0.545. The van der Waals surface area contributed by atoms with E-state index < -0.39 is 0 Å². The summed E-state index contributed by atoms with van der Waals surface area (Å²) in [5.74, 6) is 0.0797. The topological polar surface area (TPSA) is 105 Å². The predicted molar refractivity (Wildman–Crippen MR) is 61.8 cm³/mol. The van der Waals surface area contributed by atoms with Gasteiger partial charge in [0.05, 0.1) is 12.3 Å². The molecule has 0 radical (unpaired) electrons. The van der Waals surface area contributed by atoms with Crippen LogP contribution in [0.5, 0.6) is 5.75 Å². The van der Waals surface area contributed by atoms with E-state index in [0.717, 1.165) is 6.42 Å². The lowest BCUT2D eigenvalue weighted by molar-refractivity contribution is 0.277. The van der Waals surface area contributed by atoms with E-state index in [9.17, 15) is 10.2 Å². The molecule has 0 saturated carbocycles. The number of aromatic nitrogens is 1. The minimum Gasteiger partial charge on any atom is -0.506 e. The zero-order valence-electron chi connectivity index (χ0n) is 9.48. The van der Waals surface area contributed by atoms with E-state index in [0.29, 0.717) is 29.8 Å². The summed E-state index contributed by atoms with van der Waals surface area (Å²) < 4.78 is 0. The highest BCUT2D eigenvalue weighted by Crippen LogP contribution is 2.30. The normalized spacial score (nSPS) is 12.8. The lowest BCUT2D eigenvalue weighted by Gasteiger charge is -2.17. The van der Waals surface area contributed by atoms with Gasteiger partial charge in [-0.15, -0.1) is 0 Å². The first-order valence-corrected chi connectivity index (χ1v) is 5.35. The molecule has 1 atom stereocenters. The summed E-state index contributed by atoms with van der Waals surface area (Å²) in [7, 11) is 0. The number of aromatic hydroxyl groups is 1. The van der Waals surface area contributed by atoms with Gasteiger partial charge in [-0.2, -0.15) is 0 Å². The Morgan fingerprint density at radius 2 is 2.19 bits per heavy atom. The van der Waals surface area contributed by atoms with E-state index in [2.05, 4.69) is 4.98 Å². The molecular weight excluding hydrogens is 206 g/mol. The molecule has 0 spiro atoms. The number of aryl methyl sites for hydroxylation is 1. The molecule has 5 heteroatoms. The average Bonchev–Trinajstić information content (AvgIpc) is 2.29. The van der Waals surface area contributed by atoms with Gasteiger partial charge < -0.3 is 21.7 Å². The molecule has 0 fully saturated rings. The van der Waals surface area contributed by atoms with Crippen molar-refractivity contribution in [1.29, 1.82) is 0 Å². The maximum atomic E-state index is 9.89. The van der Waals surface area contributed by atoms with Crippen LogP contribution >= 0.6 is 0 Å². The van der Waals surface area contributed by atoms with E-state index in [1.807, 2.05) is 0 Å². The lowest BCUT2D eigenvalue weighted by atomic mass is 9.97. The fourth-order valence-electron chi connectivity index (χ4n) is 1.67. The summed E-state index contributed by atoms with van der Waals surface area (Å²) in [6, 6.07) is -0.313. The SMILES string of the molecule is Cc1ncc(CO)c([C@H](N)CCCN)c1O. The number of nitrogens with zero attached hydrogens (tertiary/aromatic N) is 1. The largest absolute Gasteiger partial charge is 0.506 e. The van der Waals surface area contributed by atoms with Crippen molar-refractivity contribution in [3.63, 3.8) is 0 Å². The van der Waals surface area contributed by atoms with Crippen molar-refractivity contribution in [3.05, 3.63) is 23.0 Å². The van der Waals surface area contributed by atoms with Crippen LogP contribution in [0, 0.1) is 6.92 Å². The molecule has 0 aliphatic carbocycles. The molecule has 0 aliphatic heterocycles. The van der Waals surface area contributed by atoms with Gasteiger partial charge in [0, 0.05) is 23.4 Å². The number of nitrogens with two attached hydrogens (primary N) is 2. The Labute approximate surface area is 95.1 Å². The summed E-state index contributed by atoms with van der Waals surface area (Å²) in [5.41, 5.74) is 13.1. The Morgan fingerprint density at radius 3 is 2.75 bits per heavy atom. The first-order valence-electron chi connectivity index (χ1n) is 5.35. The summed E-state index contributed by atoms with van der Waals surface area (Å²) >= 11 is 0. The zero-order valence-corrected chi connectivity index (χ0v) is 9.48. The Hall–Kier alpha value is -1.17. The molecule has 1 rings (SSSR count). The summed E-state index contributed by atoms with van der Waals surface area (Å²) in [4.78, 5) is 3.98. The van der Waals surface area contributed by atoms with Crippen LogP contribution in [0.25, 0.3) is 0 Å². The van der Waals surface area contributed by atoms with Crippen molar-refractivity contribution in [2.45, 2.75) is 32.4 Å². The molecule has 1 heterocycles. The van der Waals surface area contributed by atoms with Crippen molar-refractivity contribution in [1.82, 2.24) is 4.98 Å². The van der Waals surface area contributed by atoms with Crippen molar-refractivity contribution < 1.29 is 10.2 Å². The van der Waals surface area contributed by atoms with Gasteiger partial charge in [0.1, 0.15) is 5.75 Å². The third-order valence-electron chi connectivity index (χ3n) is 2.62. The first-order chi connectivity index (χ1) is 7.61. The Balaban J connectivity index is 3.03. The molecule has 0 aliphatic rings. The third kappa shape index (κ3) is 2.69. The molecule has 0 amide bonds. The number of hydrogen-bond donors (Lipinski definition) is 4. The second-order valence-corrected chi connectivity index (χ2v) is 3.83. The fourth-order valence-corrected chi connectivity index (χ4v) is 1.67. The van der Waals surface area contributed by atoms with Crippen LogP contribution in [-0.4, -0.2) is 21.7 Å². The highest BCUT2D eigenvalue weighted by molar-refractivity contribution is 5.42. The van der Waals surface area contributed by atoms with E-state index in [1.165, 1.54) is 0 Å². The first kappa shape index (κ1) is 12.9. The van der Waals surface area contributed by atoms with E-state index in [1.54, 1.807) is 13.1 Å². The van der Waals surface area contributed by atoms with Crippen LogP contribution in [-0.2, 0) is 6.61 Å². The molecule has 0 bridgehead atoms. The average molecular weight is 225 g/mol. The predicted octanol–water partition coefficient (Wildman–Crippen LogP) is 0.327. The van der Waals surface area contributed by atoms with E-state index >= 15 is 0 Å². The number of hydrogen-bond acceptors (Lipinski definition) is 5. The lowest BCUT2D eigenvalue weighted by Crippen LogP contribution is -2.15. The molecule has 0 aromatic carbocycles. The van der Waals surface area contributed by atoms with Crippen LogP contribution < -0.4 is 11.5 Å².